The summed E-state index contributed by atoms with van der Waals surface area (Å²) in [6.45, 7) is 0. The van der Waals surface area contributed by atoms with Crippen molar-refractivity contribution in [2.75, 3.05) is 0 Å². The lowest BCUT2D eigenvalue weighted by Gasteiger charge is -2.04. The summed E-state index contributed by atoms with van der Waals surface area (Å²) in [4.78, 5) is 28.0. The Labute approximate surface area is 132 Å². The highest BCUT2D eigenvalue weighted by molar-refractivity contribution is 6.14. The largest absolute Gasteiger partial charge is 0.452 e. The Kier molecular flexibility index (Phi) is 3.19. The first kappa shape index (κ1) is 13.7. The molecule has 0 N–H and O–H groups in total. The molecule has 23 heavy (non-hydrogen) atoms. The summed E-state index contributed by atoms with van der Waals surface area (Å²) in [6.07, 6.45) is 6.72. The van der Waals surface area contributed by atoms with Gasteiger partial charge in [-0.15, -0.1) is 0 Å². The number of ether oxygens (including phenoxy) is 2. The molecule has 1 saturated carbocycles. The monoisotopic (exact) mass is 307 g/mol. The molecule has 1 aliphatic carbocycles. The molecule has 1 fully saturated rings. The predicted octanol–water partition coefficient (Wildman–Crippen LogP) is 3.01. The van der Waals surface area contributed by atoms with Crippen molar-refractivity contribution in [3.05, 3.63) is 59.6 Å². The molecule has 0 amide bonds. The Morgan fingerprint density at radius 1 is 1.30 bits per heavy atom. The number of Topliss-reactive ketones (excluding diaryl/α,β-unsaturated/α-hetero) is 1. The van der Waals surface area contributed by atoms with Gasteiger partial charge < -0.3 is 9.47 Å². The first-order valence-corrected chi connectivity index (χ1v) is 7.41. The van der Waals surface area contributed by atoms with E-state index in [1.54, 1.807) is 42.7 Å². The second kappa shape index (κ2) is 5.35. The van der Waals surface area contributed by atoms with Crippen molar-refractivity contribution in [3.63, 3.8) is 0 Å². The average Bonchev–Trinajstić information content (AvgIpc) is 3.36. The number of allylic oxidation sites excluding steroid dienone is 1. The maximum Gasteiger partial charge on any atom is 0.314 e. The Morgan fingerprint density at radius 2 is 2.17 bits per heavy atom. The van der Waals surface area contributed by atoms with Crippen LogP contribution in [-0.2, 0) is 4.79 Å². The van der Waals surface area contributed by atoms with Crippen LogP contribution in [-0.4, -0.2) is 16.7 Å². The summed E-state index contributed by atoms with van der Waals surface area (Å²) in [7, 11) is 0. The normalized spacial score (nSPS) is 17.7. The van der Waals surface area contributed by atoms with Crippen molar-refractivity contribution < 1.29 is 19.1 Å². The SMILES string of the molecule is O=C1/C(=C/c2cccnc2)Oc2cc(OC(=O)C3CC3)ccc21. The molecular formula is C18H13NO4. The number of carbonyl (C=O) groups excluding carboxylic acids is 2. The Balaban J connectivity index is 1.58. The van der Waals surface area contributed by atoms with Gasteiger partial charge in [0, 0.05) is 18.5 Å². The number of nitrogens with zero attached hydrogens (tertiary/aromatic N) is 1. The number of carbonyl (C=O) groups is 2. The second-order valence-electron chi connectivity index (χ2n) is 5.58. The standard InChI is InChI=1S/C18H13NO4/c20-17-14-6-5-13(22-18(21)12-3-4-12)9-15(14)23-16(17)8-11-2-1-7-19-10-11/h1-2,5-10,12H,3-4H2/b16-8-. The van der Waals surface area contributed by atoms with E-state index in [9.17, 15) is 9.59 Å². The van der Waals surface area contributed by atoms with Crippen molar-refractivity contribution in [1.82, 2.24) is 4.98 Å². The molecule has 4 rings (SSSR count). The topological polar surface area (TPSA) is 65.5 Å². The van der Waals surface area contributed by atoms with E-state index in [4.69, 9.17) is 9.47 Å². The molecule has 1 aliphatic heterocycles. The molecule has 0 saturated heterocycles. The van der Waals surface area contributed by atoms with Crippen LogP contribution in [0, 0.1) is 5.92 Å². The van der Waals surface area contributed by atoms with Crippen LogP contribution in [0.5, 0.6) is 11.5 Å². The van der Waals surface area contributed by atoms with Crippen molar-refractivity contribution in [2.24, 2.45) is 5.92 Å². The van der Waals surface area contributed by atoms with Gasteiger partial charge in [0.15, 0.2) is 5.76 Å². The van der Waals surface area contributed by atoms with Gasteiger partial charge in [-0.3, -0.25) is 14.6 Å². The minimum absolute atomic E-state index is 0.0202. The zero-order valence-electron chi connectivity index (χ0n) is 12.2. The summed E-state index contributed by atoms with van der Waals surface area (Å²) < 4.78 is 10.9. The van der Waals surface area contributed by atoms with E-state index in [-0.39, 0.29) is 23.4 Å². The number of hydrogen-bond acceptors (Lipinski definition) is 5. The fourth-order valence-electron chi connectivity index (χ4n) is 2.36. The van der Waals surface area contributed by atoms with Gasteiger partial charge in [0.2, 0.25) is 5.78 Å². The molecule has 2 aliphatic rings. The van der Waals surface area contributed by atoms with Crippen LogP contribution < -0.4 is 9.47 Å². The fourth-order valence-corrected chi connectivity index (χ4v) is 2.36. The van der Waals surface area contributed by atoms with Crippen LogP contribution in [0.25, 0.3) is 6.08 Å². The van der Waals surface area contributed by atoms with Crippen LogP contribution in [0.2, 0.25) is 0 Å². The van der Waals surface area contributed by atoms with Gasteiger partial charge in [-0.1, -0.05) is 6.07 Å². The van der Waals surface area contributed by atoms with E-state index >= 15 is 0 Å². The smallest absolute Gasteiger partial charge is 0.314 e. The highest BCUT2D eigenvalue weighted by Crippen LogP contribution is 2.36. The fraction of sp³-hybridized carbons (Fsp3) is 0.167. The number of rotatable bonds is 3. The number of fused-ring (bicyclic) bond motifs is 1. The minimum atomic E-state index is -0.222. The summed E-state index contributed by atoms with van der Waals surface area (Å²) in [6, 6.07) is 8.44. The maximum absolute atomic E-state index is 12.3. The lowest BCUT2D eigenvalue weighted by Crippen LogP contribution is -2.09. The Bertz CT molecular complexity index is 822. The third-order valence-electron chi connectivity index (χ3n) is 3.75. The molecule has 1 aromatic carbocycles. The first-order chi connectivity index (χ1) is 11.2. The lowest BCUT2D eigenvalue weighted by molar-refractivity contribution is -0.135. The maximum atomic E-state index is 12.3. The van der Waals surface area contributed by atoms with Crippen LogP contribution >= 0.6 is 0 Å². The van der Waals surface area contributed by atoms with E-state index < -0.39 is 0 Å². The average molecular weight is 307 g/mol. The van der Waals surface area contributed by atoms with Gasteiger partial charge in [0.1, 0.15) is 11.5 Å². The van der Waals surface area contributed by atoms with Crippen molar-refractivity contribution in [2.45, 2.75) is 12.8 Å². The van der Waals surface area contributed by atoms with Crippen LogP contribution in [0.15, 0.2) is 48.5 Å². The third kappa shape index (κ3) is 2.73. The van der Waals surface area contributed by atoms with E-state index in [1.165, 1.54) is 0 Å². The van der Waals surface area contributed by atoms with E-state index in [0.717, 1.165) is 18.4 Å². The summed E-state index contributed by atoms with van der Waals surface area (Å²) in [5.41, 5.74) is 1.25. The highest BCUT2D eigenvalue weighted by atomic mass is 16.5. The second-order valence-corrected chi connectivity index (χ2v) is 5.58. The molecule has 5 heteroatoms. The summed E-state index contributed by atoms with van der Waals surface area (Å²) >= 11 is 0. The number of pyridine rings is 1. The van der Waals surface area contributed by atoms with Gasteiger partial charge in [-0.25, -0.2) is 0 Å². The van der Waals surface area contributed by atoms with Gasteiger partial charge in [-0.2, -0.15) is 0 Å². The van der Waals surface area contributed by atoms with E-state index in [0.29, 0.717) is 17.1 Å². The quantitative estimate of drug-likeness (QED) is 0.495. The highest BCUT2D eigenvalue weighted by Gasteiger charge is 2.32. The molecule has 114 valence electrons. The van der Waals surface area contributed by atoms with Crippen LogP contribution in [0.3, 0.4) is 0 Å². The van der Waals surface area contributed by atoms with Crippen molar-refractivity contribution in [3.8, 4) is 11.5 Å². The molecule has 0 atom stereocenters. The third-order valence-corrected chi connectivity index (χ3v) is 3.75. The summed E-state index contributed by atoms with van der Waals surface area (Å²) in [5.74, 6) is 0.650. The van der Waals surface area contributed by atoms with Crippen molar-refractivity contribution in [1.29, 1.82) is 0 Å². The molecule has 0 radical (unpaired) electrons. The molecule has 1 aromatic heterocycles. The molecule has 5 nitrogen and oxygen atoms in total. The van der Waals surface area contributed by atoms with Gasteiger partial charge in [0.05, 0.1) is 11.5 Å². The molecule has 2 aromatic rings. The van der Waals surface area contributed by atoms with Gasteiger partial charge in [-0.05, 0) is 42.7 Å². The number of benzene rings is 1. The zero-order valence-corrected chi connectivity index (χ0v) is 12.2. The molecule has 2 heterocycles. The van der Waals surface area contributed by atoms with E-state index in [2.05, 4.69) is 4.98 Å². The molecule has 0 spiro atoms. The minimum Gasteiger partial charge on any atom is -0.452 e. The Hall–Kier alpha value is -2.95. The number of esters is 1. The molecule has 0 unspecified atom stereocenters. The van der Waals surface area contributed by atoms with Gasteiger partial charge in [0.25, 0.3) is 0 Å². The number of hydrogen-bond donors (Lipinski definition) is 0. The number of aromatic nitrogens is 1. The first-order valence-electron chi connectivity index (χ1n) is 7.41. The molecular weight excluding hydrogens is 294 g/mol. The van der Waals surface area contributed by atoms with E-state index in [1.807, 2.05) is 6.07 Å². The zero-order chi connectivity index (χ0) is 15.8. The van der Waals surface area contributed by atoms with Crippen molar-refractivity contribution >= 4 is 17.8 Å². The lowest BCUT2D eigenvalue weighted by atomic mass is 10.1. The predicted molar refractivity (Wildman–Crippen MR) is 82.0 cm³/mol. The van der Waals surface area contributed by atoms with Crippen LogP contribution in [0.1, 0.15) is 28.8 Å². The van der Waals surface area contributed by atoms with Gasteiger partial charge >= 0.3 is 5.97 Å². The number of ketones is 1. The van der Waals surface area contributed by atoms with Crippen LogP contribution in [0.4, 0.5) is 0 Å². The molecule has 0 bridgehead atoms. The summed E-state index contributed by atoms with van der Waals surface area (Å²) in [5, 5.41) is 0. The Morgan fingerprint density at radius 3 is 2.91 bits per heavy atom.